The summed E-state index contributed by atoms with van der Waals surface area (Å²) in [4.78, 5) is 22.7. The molecule has 5 N–H and O–H groups in total. The summed E-state index contributed by atoms with van der Waals surface area (Å²) in [7, 11) is 0. The Bertz CT molecular complexity index is 244. The fourth-order valence-corrected chi connectivity index (χ4v) is 1.48. The van der Waals surface area contributed by atoms with Crippen molar-refractivity contribution in [2.45, 2.75) is 38.3 Å². The van der Waals surface area contributed by atoms with E-state index < -0.39 is 0 Å². The summed E-state index contributed by atoms with van der Waals surface area (Å²) in [6.07, 6.45) is 2.46. The van der Waals surface area contributed by atoms with Crippen molar-refractivity contribution < 1.29 is 9.59 Å². The van der Waals surface area contributed by atoms with Gasteiger partial charge in [0, 0.05) is 0 Å². The molecule has 0 unspecified atom stereocenters. The standard InChI is InChI=1S/C9H18N4O2/c1-6-8(14)12-13-9(15)7(11-6)4-2-3-5-10/h6-7,11H,2-5,10H2,1H3,(H,12,14)(H,13,15)/t6-,7-/m1/s1. The van der Waals surface area contributed by atoms with Crippen LogP contribution in [0.3, 0.4) is 0 Å². The summed E-state index contributed by atoms with van der Waals surface area (Å²) >= 11 is 0. The normalized spacial score (nSPS) is 26.8. The van der Waals surface area contributed by atoms with E-state index in [9.17, 15) is 9.59 Å². The van der Waals surface area contributed by atoms with Gasteiger partial charge in [-0.05, 0) is 26.3 Å². The zero-order chi connectivity index (χ0) is 11.3. The maximum Gasteiger partial charge on any atom is 0.255 e. The highest BCUT2D eigenvalue weighted by Gasteiger charge is 2.27. The molecule has 1 heterocycles. The van der Waals surface area contributed by atoms with E-state index in [1.807, 2.05) is 0 Å². The fraction of sp³-hybridized carbons (Fsp3) is 0.778. The minimum absolute atomic E-state index is 0.190. The Morgan fingerprint density at radius 3 is 2.53 bits per heavy atom. The number of carbonyl (C=O) groups is 2. The molecule has 0 aliphatic carbocycles. The molecule has 0 radical (unpaired) electrons. The van der Waals surface area contributed by atoms with E-state index in [1.165, 1.54) is 0 Å². The van der Waals surface area contributed by atoms with Gasteiger partial charge in [0.1, 0.15) is 0 Å². The molecule has 6 heteroatoms. The lowest BCUT2D eigenvalue weighted by Crippen LogP contribution is -2.44. The molecule has 1 aliphatic rings. The molecule has 0 aromatic carbocycles. The predicted molar refractivity (Wildman–Crippen MR) is 55.6 cm³/mol. The van der Waals surface area contributed by atoms with Gasteiger partial charge in [0.25, 0.3) is 11.8 Å². The Balaban J connectivity index is 2.46. The summed E-state index contributed by atoms with van der Waals surface area (Å²) in [6.45, 7) is 2.35. The number of hydrazine groups is 1. The number of nitrogens with two attached hydrogens (primary N) is 1. The van der Waals surface area contributed by atoms with Gasteiger partial charge in [0.2, 0.25) is 0 Å². The third-order valence-corrected chi connectivity index (χ3v) is 2.42. The third kappa shape index (κ3) is 3.49. The topological polar surface area (TPSA) is 96.2 Å². The van der Waals surface area contributed by atoms with Crippen molar-refractivity contribution in [1.82, 2.24) is 16.2 Å². The Kier molecular flexibility index (Phi) is 4.51. The van der Waals surface area contributed by atoms with Crippen LogP contribution in [0.15, 0.2) is 0 Å². The fourth-order valence-electron chi connectivity index (χ4n) is 1.48. The van der Waals surface area contributed by atoms with Crippen LogP contribution >= 0.6 is 0 Å². The van der Waals surface area contributed by atoms with Crippen molar-refractivity contribution in [3.8, 4) is 0 Å². The number of carbonyl (C=O) groups excluding carboxylic acids is 2. The van der Waals surface area contributed by atoms with Crippen molar-refractivity contribution in [1.29, 1.82) is 0 Å². The highest BCUT2D eigenvalue weighted by molar-refractivity contribution is 5.90. The van der Waals surface area contributed by atoms with Gasteiger partial charge in [-0.1, -0.05) is 6.42 Å². The molecule has 0 aromatic rings. The summed E-state index contributed by atoms with van der Waals surface area (Å²) in [6, 6.07) is -0.669. The van der Waals surface area contributed by atoms with Gasteiger partial charge in [0.15, 0.2) is 0 Å². The Labute approximate surface area is 88.9 Å². The molecule has 0 saturated carbocycles. The monoisotopic (exact) mass is 214 g/mol. The number of amides is 2. The number of nitrogens with one attached hydrogen (secondary N) is 3. The Hall–Kier alpha value is -1.14. The molecule has 0 aromatic heterocycles. The summed E-state index contributed by atoms with van der Waals surface area (Å²) < 4.78 is 0. The van der Waals surface area contributed by atoms with Gasteiger partial charge in [-0.25, -0.2) is 0 Å². The first kappa shape index (κ1) is 11.9. The molecular weight excluding hydrogens is 196 g/mol. The lowest BCUT2D eigenvalue weighted by molar-refractivity contribution is -0.127. The largest absolute Gasteiger partial charge is 0.330 e. The lowest BCUT2D eigenvalue weighted by Gasteiger charge is -2.15. The Morgan fingerprint density at radius 2 is 1.87 bits per heavy atom. The molecule has 6 nitrogen and oxygen atoms in total. The molecule has 2 atom stereocenters. The van der Waals surface area contributed by atoms with E-state index in [-0.39, 0.29) is 23.9 Å². The number of rotatable bonds is 4. The van der Waals surface area contributed by atoms with E-state index in [0.717, 1.165) is 12.8 Å². The van der Waals surface area contributed by atoms with E-state index >= 15 is 0 Å². The zero-order valence-electron chi connectivity index (χ0n) is 8.88. The number of hydrogen-bond donors (Lipinski definition) is 4. The number of unbranched alkanes of at least 4 members (excludes halogenated alkanes) is 1. The molecule has 0 bridgehead atoms. The van der Waals surface area contributed by atoms with Crippen molar-refractivity contribution in [2.75, 3.05) is 6.54 Å². The molecule has 1 saturated heterocycles. The molecule has 1 aliphatic heterocycles. The van der Waals surface area contributed by atoms with Crippen LogP contribution in [0.1, 0.15) is 26.2 Å². The van der Waals surface area contributed by atoms with Gasteiger partial charge >= 0.3 is 0 Å². The van der Waals surface area contributed by atoms with Crippen molar-refractivity contribution in [3.63, 3.8) is 0 Å². The van der Waals surface area contributed by atoms with Crippen LogP contribution in [0, 0.1) is 0 Å². The maximum absolute atomic E-state index is 11.5. The van der Waals surface area contributed by atoms with Crippen LogP contribution in [0.2, 0.25) is 0 Å². The van der Waals surface area contributed by atoms with Crippen LogP contribution in [-0.4, -0.2) is 30.4 Å². The lowest BCUT2D eigenvalue weighted by atomic mass is 10.1. The van der Waals surface area contributed by atoms with Gasteiger partial charge in [0.05, 0.1) is 12.1 Å². The first-order valence-corrected chi connectivity index (χ1v) is 5.21. The molecule has 0 spiro atoms. The SMILES string of the molecule is C[C@H]1N[C@H](CCCCN)C(=O)NNC1=O. The van der Waals surface area contributed by atoms with Crippen molar-refractivity contribution in [3.05, 3.63) is 0 Å². The summed E-state index contributed by atoms with van der Waals surface area (Å²) in [5.41, 5.74) is 10.1. The van der Waals surface area contributed by atoms with E-state index in [2.05, 4.69) is 16.2 Å². The number of hydrogen-bond acceptors (Lipinski definition) is 4. The summed E-state index contributed by atoms with van der Waals surface area (Å²) in [5, 5.41) is 2.97. The molecular formula is C9H18N4O2. The van der Waals surface area contributed by atoms with E-state index in [0.29, 0.717) is 13.0 Å². The Morgan fingerprint density at radius 1 is 1.20 bits per heavy atom. The van der Waals surface area contributed by atoms with Gasteiger partial charge < -0.3 is 5.73 Å². The maximum atomic E-state index is 11.5. The van der Waals surface area contributed by atoms with Crippen LogP contribution in [0.4, 0.5) is 0 Å². The van der Waals surface area contributed by atoms with Gasteiger partial charge in [-0.15, -0.1) is 0 Å². The minimum atomic E-state index is -0.355. The smallest absolute Gasteiger partial charge is 0.255 e. The average molecular weight is 214 g/mol. The second kappa shape index (κ2) is 5.67. The average Bonchev–Trinajstić information content (AvgIpc) is 2.33. The van der Waals surface area contributed by atoms with Crippen LogP contribution < -0.4 is 21.9 Å². The molecule has 1 fully saturated rings. The zero-order valence-corrected chi connectivity index (χ0v) is 8.88. The van der Waals surface area contributed by atoms with Crippen molar-refractivity contribution in [2.24, 2.45) is 5.73 Å². The first-order valence-electron chi connectivity index (χ1n) is 5.21. The quantitative estimate of drug-likeness (QED) is 0.434. The highest BCUT2D eigenvalue weighted by Crippen LogP contribution is 2.03. The van der Waals surface area contributed by atoms with Crippen LogP contribution in [-0.2, 0) is 9.59 Å². The minimum Gasteiger partial charge on any atom is -0.330 e. The first-order chi connectivity index (χ1) is 7.15. The van der Waals surface area contributed by atoms with E-state index in [4.69, 9.17) is 5.73 Å². The van der Waals surface area contributed by atoms with Gasteiger partial charge in [-0.3, -0.25) is 25.8 Å². The van der Waals surface area contributed by atoms with Crippen molar-refractivity contribution >= 4 is 11.8 Å². The second-order valence-corrected chi connectivity index (χ2v) is 3.70. The third-order valence-electron chi connectivity index (χ3n) is 2.42. The molecule has 1 rings (SSSR count). The second-order valence-electron chi connectivity index (χ2n) is 3.70. The molecule has 15 heavy (non-hydrogen) atoms. The van der Waals surface area contributed by atoms with E-state index in [1.54, 1.807) is 6.92 Å². The molecule has 86 valence electrons. The predicted octanol–water partition coefficient (Wildman–Crippen LogP) is -1.38. The highest BCUT2D eigenvalue weighted by atomic mass is 16.2. The van der Waals surface area contributed by atoms with Gasteiger partial charge in [-0.2, -0.15) is 0 Å². The van der Waals surface area contributed by atoms with Crippen LogP contribution in [0.25, 0.3) is 0 Å². The van der Waals surface area contributed by atoms with Crippen LogP contribution in [0.5, 0.6) is 0 Å². The summed E-state index contributed by atoms with van der Waals surface area (Å²) in [5.74, 6) is -0.408. The molecule has 2 amide bonds.